The number of nitrogens with two attached hydrogens (primary N) is 1. The molecule has 162 valence electrons. The van der Waals surface area contributed by atoms with Crippen molar-refractivity contribution in [3.05, 3.63) is 24.6 Å². The number of halogens is 1. The number of amidine groups is 1. The fourth-order valence-electron chi connectivity index (χ4n) is 3.61. The lowest BCUT2D eigenvalue weighted by atomic mass is 9.79. The van der Waals surface area contributed by atoms with Crippen LogP contribution >= 0.6 is 23.0 Å². The summed E-state index contributed by atoms with van der Waals surface area (Å²) in [5.74, 6) is 0.906. The first kappa shape index (κ1) is 25.4. The van der Waals surface area contributed by atoms with Gasteiger partial charge in [0.15, 0.2) is 0 Å². The summed E-state index contributed by atoms with van der Waals surface area (Å²) in [5.41, 5.74) is 6.98. The predicted octanol–water partition coefficient (Wildman–Crippen LogP) is 4.99. The third-order valence-corrected chi connectivity index (χ3v) is 6.58. The highest BCUT2D eigenvalue weighted by Crippen LogP contribution is 2.35. The zero-order valence-electron chi connectivity index (χ0n) is 19.0. The van der Waals surface area contributed by atoms with Gasteiger partial charge < -0.3 is 13.7 Å². The van der Waals surface area contributed by atoms with E-state index in [4.69, 9.17) is 8.80 Å². The van der Waals surface area contributed by atoms with Crippen molar-refractivity contribution in [2.45, 2.75) is 66.9 Å². The van der Waals surface area contributed by atoms with Gasteiger partial charge in [0.1, 0.15) is 28.8 Å². The first-order valence-corrected chi connectivity index (χ1v) is 11.2. The SMILES string of the molecule is C=CC(=N/C=C(\N)C(C)(C)C)N1CCN(CC(C)(C)CC(C)(CC)OI)CC1. The Balaban J connectivity index is 2.67. The van der Waals surface area contributed by atoms with Crippen molar-refractivity contribution in [2.24, 2.45) is 21.6 Å². The molecular formula is C22H41IN4O. The molecule has 0 spiro atoms. The molecule has 2 N–H and O–H groups in total. The van der Waals surface area contributed by atoms with Gasteiger partial charge in [-0.05, 0) is 31.3 Å². The lowest BCUT2D eigenvalue weighted by Gasteiger charge is -2.42. The topological polar surface area (TPSA) is 54.1 Å². The monoisotopic (exact) mass is 504 g/mol. The molecule has 0 aromatic rings. The molecule has 1 rings (SSSR count). The number of aliphatic imine (C=N–C) groups is 1. The number of hydrogen-bond donors (Lipinski definition) is 1. The maximum atomic E-state index is 6.13. The Morgan fingerprint density at radius 1 is 1.14 bits per heavy atom. The molecule has 0 aliphatic carbocycles. The van der Waals surface area contributed by atoms with Crippen LogP contribution in [-0.2, 0) is 3.07 Å². The van der Waals surface area contributed by atoms with Crippen molar-refractivity contribution >= 4 is 28.8 Å². The van der Waals surface area contributed by atoms with E-state index in [9.17, 15) is 0 Å². The van der Waals surface area contributed by atoms with E-state index in [0.29, 0.717) is 0 Å². The summed E-state index contributed by atoms with van der Waals surface area (Å²) in [7, 11) is 0. The van der Waals surface area contributed by atoms with Crippen LogP contribution in [0.1, 0.15) is 61.3 Å². The first-order chi connectivity index (χ1) is 12.9. The second kappa shape index (κ2) is 10.4. The van der Waals surface area contributed by atoms with Crippen molar-refractivity contribution < 1.29 is 3.07 Å². The lowest BCUT2D eigenvalue weighted by Crippen LogP contribution is -2.51. The zero-order valence-corrected chi connectivity index (χ0v) is 21.2. The van der Waals surface area contributed by atoms with Crippen LogP contribution < -0.4 is 5.73 Å². The molecule has 5 nitrogen and oxygen atoms in total. The Hall–Kier alpha value is -0.600. The van der Waals surface area contributed by atoms with Crippen LogP contribution in [0.3, 0.4) is 0 Å². The number of allylic oxidation sites excluding steroid dienone is 1. The van der Waals surface area contributed by atoms with E-state index in [1.165, 1.54) is 0 Å². The van der Waals surface area contributed by atoms with E-state index >= 15 is 0 Å². The molecule has 1 saturated heterocycles. The molecule has 6 heteroatoms. The average Bonchev–Trinajstić information content (AvgIpc) is 2.61. The van der Waals surface area contributed by atoms with Gasteiger partial charge in [0.05, 0.1) is 5.60 Å². The highest BCUT2D eigenvalue weighted by atomic mass is 127. The van der Waals surface area contributed by atoms with Crippen LogP contribution in [0.15, 0.2) is 29.5 Å². The highest BCUT2D eigenvalue weighted by molar-refractivity contribution is 14.1. The molecular weight excluding hydrogens is 463 g/mol. The van der Waals surface area contributed by atoms with E-state index in [1.807, 2.05) is 6.08 Å². The van der Waals surface area contributed by atoms with Gasteiger partial charge in [0.25, 0.3) is 0 Å². The maximum absolute atomic E-state index is 6.13. The first-order valence-electron chi connectivity index (χ1n) is 10.3. The molecule has 1 aliphatic rings. The minimum absolute atomic E-state index is 0.0616. The number of hydrogen-bond acceptors (Lipinski definition) is 4. The summed E-state index contributed by atoms with van der Waals surface area (Å²) >= 11 is 2.05. The minimum Gasteiger partial charge on any atom is -0.400 e. The Labute approximate surface area is 187 Å². The van der Waals surface area contributed by atoms with Crippen molar-refractivity contribution in [1.82, 2.24) is 9.80 Å². The molecule has 0 aromatic carbocycles. The van der Waals surface area contributed by atoms with E-state index in [0.717, 1.165) is 57.1 Å². The molecule has 28 heavy (non-hydrogen) atoms. The van der Waals surface area contributed by atoms with Crippen LogP contribution in [-0.4, -0.2) is 54.0 Å². The quantitative estimate of drug-likeness (QED) is 0.288. The minimum atomic E-state index is -0.0747. The molecule has 1 unspecified atom stereocenters. The average molecular weight is 505 g/mol. The maximum Gasteiger partial charge on any atom is 0.128 e. The van der Waals surface area contributed by atoms with E-state index in [-0.39, 0.29) is 16.4 Å². The Kier molecular flexibility index (Phi) is 9.48. The molecule has 0 amide bonds. The van der Waals surface area contributed by atoms with Gasteiger partial charge in [-0.15, -0.1) is 0 Å². The van der Waals surface area contributed by atoms with E-state index in [1.54, 1.807) is 6.20 Å². The lowest BCUT2D eigenvalue weighted by molar-refractivity contribution is 0.0481. The summed E-state index contributed by atoms with van der Waals surface area (Å²) in [6.45, 7) is 24.4. The van der Waals surface area contributed by atoms with Gasteiger partial charge in [0, 0.05) is 50.0 Å². The zero-order chi connectivity index (χ0) is 21.6. The van der Waals surface area contributed by atoms with Crippen molar-refractivity contribution in [2.75, 3.05) is 32.7 Å². The highest BCUT2D eigenvalue weighted by Gasteiger charge is 2.34. The molecule has 0 aromatic heterocycles. The Morgan fingerprint density at radius 3 is 2.14 bits per heavy atom. The van der Waals surface area contributed by atoms with Crippen LogP contribution in [0.2, 0.25) is 0 Å². The third-order valence-electron chi connectivity index (χ3n) is 5.52. The Morgan fingerprint density at radius 2 is 1.71 bits per heavy atom. The molecule has 0 radical (unpaired) electrons. The van der Waals surface area contributed by atoms with Gasteiger partial charge in [0.2, 0.25) is 0 Å². The van der Waals surface area contributed by atoms with Crippen molar-refractivity contribution in [1.29, 1.82) is 0 Å². The molecule has 1 fully saturated rings. The fraction of sp³-hybridized carbons (Fsp3) is 0.773. The predicted molar refractivity (Wildman–Crippen MR) is 130 cm³/mol. The van der Waals surface area contributed by atoms with Crippen LogP contribution in [0, 0.1) is 10.8 Å². The van der Waals surface area contributed by atoms with Gasteiger partial charge in [-0.3, -0.25) is 4.90 Å². The van der Waals surface area contributed by atoms with Crippen LogP contribution in [0.25, 0.3) is 0 Å². The number of piperazine rings is 1. The summed E-state index contributed by atoms with van der Waals surface area (Å²) in [5, 5.41) is 0. The van der Waals surface area contributed by atoms with Crippen molar-refractivity contribution in [3.63, 3.8) is 0 Å². The second-order valence-electron chi connectivity index (χ2n) is 10.0. The number of rotatable bonds is 8. The largest absolute Gasteiger partial charge is 0.400 e. The van der Waals surface area contributed by atoms with Gasteiger partial charge >= 0.3 is 0 Å². The second-order valence-corrected chi connectivity index (χ2v) is 10.5. The summed E-state index contributed by atoms with van der Waals surface area (Å²) in [4.78, 5) is 9.46. The smallest absolute Gasteiger partial charge is 0.128 e. The molecule has 0 bridgehead atoms. The normalized spacial score (nSPS) is 20.2. The fourth-order valence-corrected chi connectivity index (χ4v) is 4.08. The van der Waals surface area contributed by atoms with Crippen LogP contribution in [0.5, 0.6) is 0 Å². The standard InChI is InChI=1S/C22H41IN4O/c1-9-19(25-15-18(24)20(3,4)5)27-13-11-26(12-14-27)17-21(6,7)16-22(8,10-2)28-23/h9,15H,1,10-14,16-17,24H2,2-8H3/b18-15-,25-19?. The number of nitrogens with zero attached hydrogens (tertiary/aromatic N) is 3. The van der Waals surface area contributed by atoms with Crippen LogP contribution in [0.4, 0.5) is 0 Å². The van der Waals surface area contributed by atoms with E-state index < -0.39 is 0 Å². The van der Waals surface area contributed by atoms with Gasteiger partial charge in [-0.1, -0.05) is 48.1 Å². The van der Waals surface area contributed by atoms with Gasteiger partial charge in [-0.2, -0.15) is 0 Å². The summed E-state index contributed by atoms with van der Waals surface area (Å²) in [6.07, 6.45) is 5.69. The summed E-state index contributed by atoms with van der Waals surface area (Å²) in [6, 6.07) is 0. The summed E-state index contributed by atoms with van der Waals surface area (Å²) < 4.78 is 5.75. The van der Waals surface area contributed by atoms with Crippen molar-refractivity contribution in [3.8, 4) is 0 Å². The molecule has 0 saturated carbocycles. The Bertz CT molecular complexity index is 566. The van der Waals surface area contributed by atoms with E-state index in [2.05, 4.69) is 92.8 Å². The molecule has 1 heterocycles. The third kappa shape index (κ3) is 8.03. The molecule has 1 aliphatic heterocycles. The molecule has 1 atom stereocenters. The van der Waals surface area contributed by atoms with Gasteiger partial charge in [-0.25, -0.2) is 4.99 Å².